The minimum absolute atomic E-state index is 0.349. The maximum absolute atomic E-state index is 11.6. The standard InChI is InChI=1S/C18H24N2O2/c1-18(2)11-14-5-4-6-15(13-7-9-19(3)10-8-13)16(14)12-20(18)17(21)22/h4-7H,8-12H2,1-3H3,(H,21,22). The van der Waals surface area contributed by atoms with E-state index in [4.69, 9.17) is 0 Å². The second-order valence-corrected chi connectivity index (χ2v) is 7.04. The van der Waals surface area contributed by atoms with Crippen molar-refractivity contribution in [1.82, 2.24) is 9.80 Å². The van der Waals surface area contributed by atoms with Crippen molar-refractivity contribution in [3.63, 3.8) is 0 Å². The van der Waals surface area contributed by atoms with Crippen LogP contribution in [0.5, 0.6) is 0 Å². The summed E-state index contributed by atoms with van der Waals surface area (Å²) >= 11 is 0. The Morgan fingerprint density at radius 2 is 2.09 bits per heavy atom. The van der Waals surface area contributed by atoms with Crippen LogP contribution in [0.3, 0.4) is 0 Å². The van der Waals surface area contributed by atoms with Crippen molar-refractivity contribution in [2.75, 3.05) is 20.1 Å². The third kappa shape index (κ3) is 2.63. The van der Waals surface area contributed by atoms with E-state index in [2.05, 4.69) is 36.2 Å². The molecule has 1 amide bonds. The number of likely N-dealkylation sites (N-methyl/N-ethyl adjacent to an activating group) is 1. The smallest absolute Gasteiger partial charge is 0.408 e. The summed E-state index contributed by atoms with van der Waals surface area (Å²) in [6.07, 6.45) is 3.26. The zero-order chi connectivity index (χ0) is 15.9. The van der Waals surface area contributed by atoms with Crippen LogP contribution < -0.4 is 0 Å². The molecular formula is C18H24N2O2. The van der Waals surface area contributed by atoms with Crippen molar-refractivity contribution in [3.05, 3.63) is 41.0 Å². The first-order chi connectivity index (χ1) is 10.4. The number of hydrogen-bond acceptors (Lipinski definition) is 2. The number of amides is 1. The fourth-order valence-electron chi connectivity index (χ4n) is 3.56. The third-order valence-corrected chi connectivity index (χ3v) is 4.93. The molecule has 0 bridgehead atoms. The molecule has 22 heavy (non-hydrogen) atoms. The summed E-state index contributed by atoms with van der Waals surface area (Å²) in [5.41, 5.74) is 4.74. The van der Waals surface area contributed by atoms with Gasteiger partial charge in [0.1, 0.15) is 0 Å². The monoisotopic (exact) mass is 300 g/mol. The predicted octanol–water partition coefficient (Wildman–Crippen LogP) is 3.22. The largest absolute Gasteiger partial charge is 0.465 e. The lowest BCUT2D eigenvalue weighted by Gasteiger charge is -2.42. The Labute approximate surface area is 132 Å². The number of rotatable bonds is 1. The number of carboxylic acid groups (broad SMARTS) is 1. The molecule has 0 saturated heterocycles. The molecule has 2 aliphatic heterocycles. The lowest BCUT2D eigenvalue weighted by atomic mass is 9.82. The molecule has 0 aromatic heterocycles. The zero-order valence-electron chi connectivity index (χ0n) is 13.6. The van der Waals surface area contributed by atoms with E-state index in [0.29, 0.717) is 6.54 Å². The lowest BCUT2D eigenvalue weighted by molar-refractivity contribution is 0.0799. The molecule has 0 radical (unpaired) electrons. The topological polar surface area (TPSA) is 43.8 Å². The fourth-order valence-corrected chi connectivity index (χ4v) is 3.56. The number of fused-ring (bicyclic) bond motifs is 1. The molecule has 0 saturated carbocycles. The molecule has 1 aromatic rings. The summed E-state index contributed by atoms with van der Waals surface area (Å²) in [6.45, 7) is 6.52. The lowest BCUT2D eigenvalue weighted by Crippen LogP contribution is -2.51. The molecule has 2 heterocycles. The molecule has 0 spiro atoms. The first-order valence-electron chi connectivity index (χ1n) is 7.88. The van der Waals surface area contributed by atoms with Gasteiger partial charge >= 0.3 is 6.09 Å². The Balaban J connectivity index is 2.02. The zero-order valence-corrected chi connectivity index (χ0v) is 13.6. The van der Waals surface area contributed by atoms with Gasteiger partial charge < -0.3 is 10.0 Å². The first kappa shape index (κ1) is 15.1. The second kappa shape index (κ2) is 5.43. The summed E-state index contributed by atoms with van der Waals surface area (Å²) in [6, 6.07) is 6.41. The number of hydrogen-bond donors (Lipinski definition) is 1. The van der Waals surface area contributed by atoms with E-state index in [9.17, 15) is 9.90 Å². The second-order valence-electron chi connectivity index (χ2n) is 7.04. The Hall–Kier alpha value is -1.81. The molecule has 118 valence electrons. The molecule has 0 atom stereocenters. The molecule has 3 rings (SSSR count). The SMILES string of the molecule is CN1CC=C(c2cccc3c2CN(C(=O)O)C(C)(C)C3)CC1. The highest BCUT2D eigenvalue weighted by molar-refractivity contribution is 5.73. The fraction of sp³-hybridized carbons (Fsp3) is 0.500. The summed E-state index contributed by atoms with van der Waals surface area (Å²) in [5, 5.41) is 9.54. The van der Waals surface area contributed by atoms with E-state index in [1.54, 1.807) is 4.90 Å². The van der Waals surface area contributed by atoms with Gasteiger partial charge in [-0.05, 0) is 56.0 Å². The van der Waals surface area contributed by atoms with Crippen molar-refractivity contribution in [2.45, 2.75) is 38.8 Å². The summed E-state index contributed by atoms with van der Waals surface area (Å²) < 4.78 is 0. The highest BCUT2D eigenvalue weighted by Gasteiger charge is 2.37. The number of benzene rings is 1. The Morgan fingerprint density at radius 3 is 2.73 bits per heavy atom. The first-order valence-corrected chi connectivity index (χ1v) is 7.88. The highest BCUT2D eigenvalue weighted by atomic mass is 16.4. The van der Waals surface area contributed by atoms with Gasteiger partial charge in [-0.15, -0.1) is 0 Å². The average Bonchev–Trinajstić information content (AvgIpc) is 2.45. The van der Waals surface area contributed by atoms with Gasteiger partial charge in [0.15, 0.2) is 0 Å². The predicted molar refractivity (Wildman–Crippen MR) is 87.9 cm³/mol. The maximum atomic E-state index is 11.6. The highest BCUT2D eigenvalue weighted by Crippen LogP contribution is 2.36. The minimum Gasteiger partial charge on any atom is -0.465 e. The van der Waals surface area contributed by atoms with Crippen LogP contribution in [0, 0.1) is 0 Å². The van der Waals surface area contributed by atoms with Crippen molar-refractivity contribution >= 4 is 11.7 Å². The van der Waals surface area contributed by atoms with Crippen LogP contribution in [-0.4, -0.2) is 46.7 Å². The van der Waals surface area contributed by atoms with Crippen LogP contribution in [0.2, 0.25) is 0 Å². The van der Waals surface area contributed by atoms with Gasteiger partial charge in [0, 0.05) is 18.6 Å². The maximum Gasteiger partial charge on any atom is 0.408 e. The van der Waals surface area contributed by atoms with Crippen LogP contribution in [0.15, 0.2) is 24.3 Å². The van der Waals surface area contributed by atoms with E-state index in [-0.39, 0.29) is 5.54 Å². The van der Waals surface area contributed by atoms with Gasteiger partial charge in [-0.1, -0.05) is 24.3 Å². The van der Waals surface area contributed by atoms with Crippen LogP contribution in [0.1, 0.15) is 37.0 Å². The van der Waals surface area contributed by atoms with Gasteiger partial charge in [0.05, 0.1) is 6.54 Å². The quantitative estimate of drug-likeness (QED) is 0.866. The molecule has 1 aromatic carbocycles. The molecule has 4 heteroatoms. The average molecular weight is 300 g/mol. The molecule has 0 unspecified atom stereocenters. The van der Waals surface area contributed by atoms with Crippen LogP contribution >= 0.6 is 0 Å². The molecular weight excluding hydrogens is 276 g/mol. The van der Waals surface area contributed by atoms with Crippen molar-refractivity contribution < 1.29 is 9.90 Å². The van der Waals surface area contributed by atoms with E-state index in [0.717, 1.165) is 25.9 Å². The van der Waals surface area contributed by atoms with E-state index < -0.39 is 6.09 Å². The van der Waals surface area contributed by atoms with E-state index in [1.807, 2.05) is 13.8 Å². The Kier molecular flexibility index (Phi) is 3.73. The molecule has 0 aliphatic carbocycles. The van der Waals surface area contributed by atoms with Gasteiger partial charge in [0.2, 0.25) is 0 Å². The van der Waals surface area contributed by atoms with Crippen LogP contribution in [-0.2, 0) is 13.0 Å². The molecule has 4 nitrogen and oxygen atoms in total. The van der Waals surface area contributed by atoms with Gasteiger partial charge in [-0.3, -0.25) is 4.90 Å². The van der Waals surface area contributed by atoms with Crippen LogP contribution in [0.25, 0.3) is 5.57 Å². The summed E-state index contributed by atoms with van der Waals surface area (Å²) in [5.74, 6) is 0. The summed E-state index contributed by atoms with van der Waals surface area (Å²) in [7, 11) is 2.13. The van der Waals surface area contributed by atoms with E-state index >= 15 is 0 Å². The van der Waals surface area contributed by atoms with E-state index in [1.165, 1.54) is 22.3 Å². The Bertz CT molecular complexity index is 634. The Morgan fingerprint density at radius 1 is 1.32 bits per heavy atom. The van der Waals surface area contributed by atoms with Crippen molar-refractivity contribution in [3.8, 4) is 0 Å². The molecule has 1 N–H and O–H groups in total. The van der Waals surface area contributed by atoms with Gasteiger partial charge in [-0.2, -0.15) is 0 Å². The van der Waals surface area contributed by atoms with Crippen molar-refractivity contribution in [1.29, 1.82) is 0 Å². The number of carbonyl (C=O) groups is 1. The van der Waals surface area contributed by atoms with Crippen LogP contribution in [0.4, 0.5) is 4.79 Å². The third-order valence-electron chi connectivity index (χ3n) is 4.93. The van der Waals surface area contributed by atoms with Crippen molar-refractivity contribution in [2.24, 2.45) is 0 Å². The number of nitrogens with zero attached hydrogens (tertiary/aromatic N) is 2. The van der Waals surface area contributed by atoms with Gasteiger partial charge in [-0.25, -0.2) is 4.79 Å². The minimum atomic E-state index is -0.831. The summed E-state index contributed by atoms with van der Waals surface area (Å²) in [4.78, 5) is 15.5. The molecule has 2 aliphatic rings. The normalized spacial score (nSPS) is 21.2. The molecule has 0 fully saturated rings. The van der Waals surface area contributed by atoms with Gasteiger partial charge in [0.25, 0.3) is 0 Å².